The van der Waals surface area contributed by atoms with Crippen molar-refractivity contribution in [1.82, 2.24) is 15.2 Å². The molecule has 0 radical (unpaired) electrons. The number of nitrogens with one attached hydrogen (secondary N) is 1. The van der Waals surface area contributed by atoms with E-state index in [1.54, 1.807) is 0 Å². The number of likely N-dealkylation sites (tertiary alicyclic amines) is 1. The maximum absolute atomic E-state index is 13.1. The number of aliphatic hydroxyl groups excluding tert-OH is 1. The first-order valence-electron chi connectivity index (χ1n) is 19.7. The van der Waals surface area contributed by atoms with E-state index in [9.17, 15) is 27.9 Å². The molecule has 0 unspecified atom stereocenters. The molecule has 308 valence electrons. The molecule has 2 N–H and O–H groups in total. The molecule has 0 aliphatic carbocycles. The van der Waals surface area contributed by atoms with Gasteiger partial charge in [-0.3, -0.25) is 9.59 Å². The highest BCUT2D eigenvalue weighted by Gasteiger charge is 2.47. The van der Waals surface area contributed by atoms with Gasteiger partial charge >= 0.3 is 12.1 Å². The van der Waals surface area contributed by atoms with E-state index in [2.05, 4.69) is 5.32 Å². The van der Waals surface area contributed by atoms with Crippen LogP contribution in [0.2, 0.25) is 0 Å². The largest absolute Gasteiger partial charge is 0.471 e. The summed E-state index contributed by atoms with van der Waals surface area (Å²) in [7, 11) is 0. The van der Waals surface area contributed by atoms with Crippen LogP contribution < -0.4 is 5.32 Å². The van der Waals surface area contributed by atoms with Crippen molar-refractivity contribution in [3.63, 3.8) is 0 Å². The number of oxazole rings is 1. The van der Waals surface area contributed by atoms with E-state index in [0.717, 1.165) is 50.2 Å². The molecule has 2 aliphatic rings. The van der Waals surface area contributed by atoms with Gasteiger partial charge in [-0.25, -0.2) is 4.98 Å². The monoisotopic (exact) mass is 833 g/mol. The van der Waals surface area contributed by atoms with Crippen molar-refractivity contribution in [1.29, 1.82) is 0 Å². The molecule has 13 heteroatoms. The van der Waals surface area contributed by atoms with Gasteiger partial charge < -0.3 is 29.2 Å². The molecular weight excluding hydrogens is 792 g/mol. The molecule has 6 aromatic rings. The molecule has 8 rings (SSSR count). The van der Waals surface area contributed by atoms with Gasteiger partial charge in [0, 0.05) is 42.0 Å². The number of hydrogen-bond donors (Lipinski definition) is 2. The Morgan fingerprint density at radius 3 is 2.17 bits per heavy atom. The lowest BCUT2D eigenvalue weighted by Crippen LogP contribution is -2.50. The van der Waals surface area contributed by atoms with Gasteiger partial charge in [0.05, 0.1) is 18.8 Å². The molecule has 5 aromatic carbocycles. The molecule has 2 aliphatic heterocycles. The number of thioether (sulfide) groups is 1. The normalized spacial score (nSPS) is 19.3. The molecule has 2 amide bonds. The summed E-state index contributed by atoms with van der Waals surface area (Å²) in [5.41, 5.74) is 7.78. The van der Waals surface area contributed by atoms with Gasteiger partial charge in [-0.05, 0) is 46.7 Å². The summed E-state index contributed by atoms with van der Waals surface area (Å²) in [4.78, 5) is 30.3. The second-order valence-corrected chi connectivity index (χ2v) is 15.7. The predicted molar refractivity (Wildman–Crippen MR) is 221 cm³/mol. The van der Waals surface area contributed by atoms with Crippen LogP contribution in [0.25, 0.3) is 33.7 Å². The smallest absolute Gasteiger partial charge is 0.431 e. The minimum atomic E-state index is -5.03. The van der Waals surface area contributed by atoms with Crippen molar-refractivity contribution >= 4 is 23.6 Å². The Balaban J connectivity index is 0.968. The lowest BCUT2D eigenvalue weighted by atomic mass is 9.99. The number of carbonyl (C=O) groups excluding carboxylic acids is 2. The Bertz CT molecular complexity index is 2340. The zero-order chi connectivity index (χ0) is 41.6. The van der Waals surface area contributed by atoms with Crippen LogP contribution in [0.3, 0.4) is 0 Å². The molecule has 0 bridgehead atoms. The minimum absolute atomic E-state index is 0.0560. The molecule has 4 atom stereocenters. The Kier molecular flexibility index (Phi) is 12.5. The molecule has 3 heterocycles. The van der Waals surface area contributed by atoms with Crippen LogP contribution >= 0.6 is 11.8 Å². The van der Waals surface area contributed by atoms with Gasteiger partial charge in [0.1, 0.15) is 11.7 Å². The predicted octanol–water partition coefficient (Wildman–Crippen LogP) is 9.68. The van der Waals surface area contributed by atoms with Crippen LogP contribution in [0.1, 0.15) is 53.9 Å². The number of alkyl halides is 3. The van der Waals surface area contributed by atoms with E-state index < -0.39 is 30.3 Å². The number of ether oxygens (including phenoxy) is 2. The molecule has 2 fully saturated rings. The van der Waals surface area contributed by atoms with Crippen molar-refractivity contribution in [2.75, 3.05) is 12.3 Å². The number of halogens is 3. The van der Waals surface area contributed by atoms with Crippen molar-refractivity contribution in [3.8, 4) is 33.7 Å². The third kappa shape index (κ3) is 9.50. The summed E-state index contributed by atoms with van der Waals surface area (Å²) in [6, 6.07) is 41.8. The third-order valence-electron chi connectivity index (χ3n) is 10.7. The molecule has 0 saturated carbocycles. The van der Waals surface area contributed by atoms with E-state index in [4.69, 9.17) is 18.9 Å². The maximum Gasteiger partial charge on any atom is 0.471 e. The highest BCUT2D eigenvalue weighted by atomic mass is 32.2. The van der Waals surface area contributed by atoms with Crippen LogP contribution in [-0.2, 0) is 32.2 Å². The fraction of sp³-hybridized carbons (Fsp3) is 0.255. The van der Waals surface area contributed by atoms with Crippen molar-refractivity contribution in [2.45, 2.75) is 68.4 Å². The van der Waals surface area contributed by atoms with Crippen molar-refractivity contribution in [3.05, 3.63) is 156 Å². The van der Waals surface area contributed by atoms with E-state index in [-0.39, 0.29) is 38.3 Å². The fourth-order valence-corrected chi connectivity index (χ4v) is 8.41. The summed E-state index contributed by atoms with van der Waals surface area (Å²) < 4.78 is 58.9. The molecule has 2 saturated heterocycles. The van der Waals surface area contributed by atoms with Gasteiger partial charge in [0.2, 0.25) is 5.91 Å². The molecule has 0 spiro atoms. The zero-order valence-electron chi connectivity index (χ0n) is 32.4. The van der Waals surface area contributed by atoms with Crippen LogP contribution in [0, 0.1) is 0 Å². The summed E-state index contributed by atoms with van der Waals surface area (Å²) in [5, 5.41) is 12.9. The third-order valence-corrected chi connectivity index (χ3v) is 11.6. The van der Waals surface area contributed by atoms with Gasteiger partial charge in [0.15, 0.2) is 12.1 Å². The fourth-order valence-electron chi connectivity index (χ4n) is 7.57. The Hall–Kier alpha value is -5.73. The number of rotatable bonds is 12. The highest BCUT2D eigenvalue weighted by Crippen LogP contribution is 2.41. The summed E-state index contributed by atoms with van der Waals surface area (Å²) in [5.74, 6) is -1.35. The zero-order valence-corrected chi connectivity index (χ0v) is 33.2. The van der Waals surface area contributed by atoms with Crippen LogP contribution in [-0.4, -0.2) is 57.4 Å². The molecule has 9 nitrogen and oxygen atoms in total. The van der Waals surface area contributed by atoms with Gasteiger partial charge in [-0.2, -0.15) is 13.2 Å². The first kappa shape index (κ1) is 41.0. The average Bonchev–Trinajstić information content (AvgIpc) is 3.96. The van der Waals surface area contributed by atoms with Crippen molar-refractivity contribution < 1.29 is 41.8 Å². The SMILES string of the molecule is O=C(NCc1cccc(-c2ccc([C@H]3O[C@@H](CSc4nc(-c5ccccc5)c(-c5ccccc5)o4)C[C@@H](c4ccc(CO)cc4)O3)cc2)c1)[C@@H]1CCCN1C(=O)C(F)(F)F. The quantitative estimate of drug-likeness (QED) is 0.117. The van der Waals surface area contributed by atoms with Gasteiger partial charge in [-0.1, -0.05) is 139 Å². The van der Waals surface area contributed by atoms with E-state index >= 15 is 0 Å². The Labute approximate surface area is 349 Å². The summed E-state index contributed by atoms with van der Waals surface area (Å²) >= 11 is 1.49. The topological polar surface area (TPSA) is 114 Å². The van der Waals surface area contributed by atoms with Crippen LogP contribution in [0.5, 0.6) is 0 Å². The number of nitrogens with zero attached hydrogens (tertiary/aromatic N) is 2. The highest BCUT2D eigenvalue weighted by molar-refractivity contribution is 7.99. The second-order valence-electron chi connectivity index (χ2n) is 14.7. The lowest BCUT2D eigenvalue weighted by Gasteiger charge is -2.36. The maximum atomic E-state index is 13.1. The number of amides is 2. The van der Waals surface area contributed by atoms with E-state index in [1.165, 1.54) is 11.8 Å². The first-order valence-corrected chi connectivity index (χ1v) is 20.7. The first-order chi connectivity index (χ1) is 29.1. The van der Waals surface area contributed by atoms with E-state index in [0.29, 0.717) is 34.5 Å². The Morgan fingerprint density at radius 2 is 1.47 bits per heavy atom. The van der Waals surface area contributed by atoms with Crippen molar-refractivity contribution in [2.24, 2.45) is 0 Å². The van der Waals surface area contributed by atoms with E-state index in [1.807, 2.05) is 133 Å². The summed E-state index contributed by atoms with van der Waals surface area (Å²) in [6.07, 6.45) is -5.16. The van der Waals surface area contributed by atoms with Gasteiger partial charge in [0.25, 0.3) is 5.22 Å². The van der Waals surface area contributed by atoms with Crippen LogP contribution in [0.4, 0.5) is 13.2 Å². The molecule has 60 heavy (non-hydrogen) atoms. The molecular formula is C47H42F3N3O6S. The van der Waals surface area contributed by atoms with Gasteiger partial charge in [-0.15, -0.1) is 0 Å². The number of aliphatic hydroxyl groups is 1. The number of carbonyl (C=O) groups is 2. The lowest BCUT2D eigenvalue weighted by molar-refractivity contribution is -0.245. The van der Waals surface area contributed by atoms with Crippen LogP contribution in [0.15, 0.2) is 143 Å². The second kappa shape index (κ2) is 18.3. The molecule has 1 aromatic heterocycles. The summed E-state index contributed by atoms with van der Waals surface area (Å²) in [6.45, 7) is -0.0709. The number of benzene rings is 5. The number of hydrogen-bond acceptors (Lipinski definition) is 8. The number of aromatic nitrogens is 1. The Morgan fingerprint density at radius 1 is 0.783 bits per heavy atom. The standard InChI is InChI=1S/C47H42F3N3O6S/c48-47(49,50)45(56)53-24-8-15-39(53)43(55)51-27-31-9-7-14-37(25-31)32-20-22-36(23-21-32)44-57-38(26-40(58-44)33-18-16-30(28-54)17-19-33)29-60-46-52-41(34-10-3-1-4-11-34)42(59-46)35-12-5-2-6-13-35/h1-7,9-14,16-23,25,38-40,44,54H,8,15,24,26-29H2,(H,51,55)/t38-,39+,40+,44+/m1/s1. The minimum Gasteiger partial charge on any atom is -0.431 e. The average molecular weight is 834 g/mol.